The average molecular weight is 657 g/mol. The number of ether oxygens (including phenoxy) is 6. The van der Waals surface area contributed by atoms with Crippen molar-refractivity contribution in [1.29, 1.82) is 0 Å². The Morgan fingerprint density at radius 3 is 1.60 bits per heavy atom. The van der Waals surface area contributed by atoms with Gasteiger partial charge in [0.15, 0.2) is 11.5 Å². The summed E-state index contributed by atoms with van der Waals surface area (Å²) in [7, 11) is 1.44. The van der Waals surface area contributed by atoms with Gasteiger partial charge in [0.25, 0.3) is 0 Å². The maximum atomic E-state index is 13.0. The topological polar surface area (TPSA) is 141 Å². The summed E-state index contributed by atoms with van der Waals surface area (Å²) >= 11 is 0. The van der Waals surface area contributed by atoms with Gasteiger partial charge in [-0.3, -0.25) is 9.59 Å². The average Bonchev–Trinajstić information content (AvgIpc) is 3.10. The lowest BCUT2D eigenvalue weighted by Crippen LogP contribution is -2.31. The monoisotopic (exact) mass is 656 g/mol. The van der Waals surface area contributed by atoms with Crippen molar-refractivity contribution >= 4 is 29.8 Å². The fourth-order valence-electron chi connectivity index (χ4n) is 6.13. The molecule has 1 aromatic rings. The first kappa shape index (κ1) is 37.3. The van der Waals surface area contributed by atoms with Crippen LogP contribution in [0.1, 0.15) is 87.4 Å². The van der Waals surface area contributed by atoms with Crippen LogP contribution in [0.15, 0.2) is 43.5 Å². The molecule has 11 heteroatoms. The minimum absolute atomic E-state index is 0.0695. The molecule has 0 heterocycles. The summed E-state index contributed by atoms with van der Waals surface area (Å²) in [6, 6.07) is 4.56. The van der Waals surface area contributed by atoms with Gasteiger partial charge in [-0.05, 0) is 107 Å². The molecule has 2 aliphatic carbocycles. The Labute approximate surface area is 276 Å². The molecule has 2 saturated carbocycles. The maximum absolute atomic E-state index is 13.0. The van der Waals surface area contributed by atoms with Gasteiger partial charge in [-0.25, -0.2) is 14.4 Å². The van der Waals surface area contributed by atoms with Crippen molar-refractivity contribution in [2.75, 3.05) is 33.5 Å². The van der Waals surface area contributed by atoms with E-state index >= 15 is 0 Å². The van der Waals surface area contributed by atoms with Crippen molar-refractivity contribution in [2.45, 2.75) is 77.0 Å². The van der Waals surface area contributed by atoms with E-state index in [1.165, 1.54) is 25.3 Å². The molecule has 0 aliphatic heterocycles. The molecule has 0 aromatic heterocycles. The van der Waals surface area contributed by atoms with Crippen LogP contribution < -0.4 is 9.47 Å². The van der Waals surface area contributed by atoms with E-state index in [-0.39, 0.29) is 60.7 Å². The summed E-state index contributed by atoms with van der Waals surface area (Å²) in [5, 5.41) is 0. The van der Waals surface area contributed by atoms with Gasteiger partial charge in [0.1, 0.15) is 0 Å². The van der Waals surface area contributed by atoms with E-state index in [9.17, 15) is 24.0 Å². The molecule has 258 valence electrons. The van der Waals surface area contributed by atoms with Crippen LogP contribution in [-0.4, -0.2) is 63.4 Å². The molecule has 0 spiro atoms. The van der Waals surface area contributed by atoms with Crippen LogP contribution in [0.3, 0.4) is 0 Å². The van der Waals surface area contributed by atoms with Crippen LogP contribution in [-0.2, 0) is 38.1 Å². The molecule has 0 N–H and O–H groups in total. The molecule has 1 aromatic carbocycles. The summed E-state index contributed by atoms with van der Waals surface area (Å²) in [4.78, 5) is 60.1. The first-order valence-corrected chi connectivity index (χ1v) is 16.6. The molecule has 0 unspecified atom stereocenters. The maximum Gasteiger partial charge on any atom is 0.338 e. The summed E-state index contributed by atoms with van der Waals surface area (Å²) in [6.45, 7) is 7.68. The second-order valence-corrected chi connectivity index (χ2v) is 12.0. The van der Waals surface area contributed by atoms with Crippen LogP contribution >= 0.6 is 0 Å². The Bertz CT molecular complexity index is 1220. The third-order valence-corrected chi connectivity index (χ3v) is 8.86. The Kier molecular flexibility index (Phi) is 16.0. The first-order chi connectivity index (χ1) is 22.7. The lowest BCUT2D eigenvalue weighted by molar-refractivity contribution is -0.151. The van der Waals surface area contributed by atoms with Crippen LogP contribution in [0, 0.1) is 23.7 Å². The van der Waals surface area contributed by atoms with E-state index in [1.54, 1.807) is 0 Å². The van der Waals surface area contributed by atoms with Gasteiger partial charge < -0.3 is 28.4 Å². The van der Waals surface area contributed by atoms with E-state index in [1.807, 2.05) is 0 Å². The van der Waals surface area contributed by atoms with Gasteiger partial charge in [-0.1, -0.05) is 13.2 Å². The summed E-state index contributed by atoms with van der Waals surface area (Å²) in [5.74, 6) is -0.619. The largest absolute Gasteiger partial charge is 0.493 e. The van der Waals surface area contributed by atoms with Crippen LogP contribution in [0.25, 0.3) is 0 Å². The van der Waals surface area contributed by atoms with Crippen molar-refractivity contribution < 1.29 is 52.4 Å². The molecule has 0 saturated heterocycles. The van der Waals surface area contributed by atoms with Gasteiger partial charge >= 0.3 is 29.8 Å². The van der Waals surface area contributed by atoms with Crippen molar-refractivity contribution in [3.05, 3.63) is 49.1 Å². The Hall–Kier alpha value is -4.15. The number of unbranched alkanes of at least 4 members (excludes halogenated alkanes) is 2. The third kappa shape index (κ3) is 12.5. The van der Waals surface area contributed by atoms with Crippen LogP contribution in [0.4, 0.5) is 0 Å². The SMILES string of the molecule is C=CC(=O)OCCCCOC(=O)c1ccc(OC(=O)C2CCC(C3CCC(C(=O)OCCCCOC(=O)C=C)CC3)CC2)c(OC)c1. The minimum Gasteiger partial charge on any atom is -0.493 e. The Morgan fingerprint density at radius 2 is 1.11 bits per heavy atom. The zero-order chi connectivity index (χ0) is 34.0. The number of hydrogen-bond acceptors (Lipinski definition) is 11. The fraction of sp³-hybridized carbons (Fsp3) is 0.583. The summed E-state index contributed by atoms with van der Waals surface area (Å²) < 4.78 is 31.7. The molecular formula is C36H48O11. The van der Waals surface area contributed by atoms with Gasteiger partial charge in [-0.15, -0.1) is 0 Å². The highest BCUT2D eigenvalue weighted by molar-refractivity contribution is 5.90. The quantitative estimate of drug-likeness (QED) is 0.0610. The molecule has 2 aliphatic rings. The van der Waals surface area contributed by atoms with E-state index in [0.29, 0.717) is 44.1 Å². The predicted molar refractivity (Wildman–Crippen MR) is 172 cm³/mol. The van der Waals surface area contributed by atoms with E-state index in [4.69, 9.17) is 28.4 Å². The predicted octanol–water partition coefficient (Wildman–Crippen LogP) is 5.93. The molecular weight excluding hydrogens is 608 g/mol. The smallest absolute Gasteiger partial charge is 0.338 e. The molecule has 11 nitrogen and oxygen atoms in total. The van der Waals surface area contributed by atoms with Gasteiger partial charge in [0, 0.05) is 12.2 Å². The van der Waals surface area contributed by atoms with Gasteiger partial charge in [-0.2, -0.15) is 0 Å². The molecule has 2 fully saturated rings. The number of esters is 5. The van der Waals surface area contributed by atoms with Crippen LogP contribution in [0.5, 0.6) is 11.5 Å². The first-order valence-electron chi connectivity index (χ1n) is 16.6. The molecule has 3 rings (SSSR count). The fourth-order valence-corrected chi connectivity index (χ4v) is 6.13. The lowest BCUT2D eigenvalue weighted by atomic mass is 9.69. The lowest BCUT2D eigenvalue weighted by Gasteiger charge is -2.36. The molecule has 0 radical (unpaired) electrons. The second kappa shape index (κ2) is 20.2. The number of carbonyl (C=O) groups is 5. The molecule has 47 heavy (non-hydrogen) atoms. The van der Waals surface area contributed by atoms with E-state index < -0.39 is 17.9 Å². The zero-order valence-electron chi connectivity index (χ0n) is 27.4. The van der Waals surface area contributed by atoms with Crippen molar-refractivity contribution in [2.24, 2.45) is 23.7 Å². The standard InChI is InChI=1S/C36H48O11/c1-4-32(37)43-20-6-8-22-45-34(39)27-14-10-25(11-15-27)26-12-16-28(17-13-26)36(41)47-30-19-18-29(24-31(30)42-3)35(40)46-23-9-7-21-44-33(38)5-2/h4-5,18-19,24-28H,1-2,6-17,20-23H2,3H3. The number of benzene rings is 1. The zero-order valence-corrected chi connectivity index (χ0v) is 27.4. The molecule has 0 bridgehead atoms. The van der Waals surface area contributed by atoms with Gasteiger partial charge in [0.05, 0.1) is 50.9 Å². The highest BCUT2D eigenvalue weighted by atomic mass is 16.6. The van der Waals surface area contributed by atoms with E-state index in [0.717, 1.165) is 63.5 Å². The highest BCUT2D eigenvalue weighted by Gasteiger charge is 2.35. The Balaban J connectivity index is 1.34. The summed E-state index contributed by atoms with van der Waals surface area (Å²) in [5.41, 5.74) is 0.270. The Morgan fingerprint density at radius 1 is 0.638 bits per heavy atom. The van der Waals surface area contributed by atoms with Crippen molar-refractivity contribution in [3.63, 3.8) is 0 Å². The number of rotatable bonds is 18. The van der Waals surface area contributed by atoms with Crippen molar-refractivity contribution in [3.8, 4) is 11.5 Å². The van der Waals surface area contributed by atoms with Gasteiger partial charge in [0.2, 0.25) is 0 Å². The van der Waals surface area contributed by atoms with Crippen LogP contribution in [0.2, 0.25) is 0 Å². The van der Waals surface area contributed by atoms with E-state index in [2.05, 4.69) is 13.2 Å². The minimum atomic E-state index is -0.533. The number of carbonyl (C=O) groups excluding carboxylic acids is 5. The molecule has 0 amide bonds. The second-order valence-electron chi connectivity index (χ2n) is 12.0. The highest BCUT2D eigenvalue weighted by Crippen LogP contribution is 2.42. The molecule has 0 atom stereocenters. The normalized spacial score (nSPS) is 20.6. The third-order valence-electron chi connectivity index (χ3n) is 8.86. The van der Waals surface area contributed by atoms with Crippen molar-refractivity contribution in [1.82, 2.24) is 0 Å². The number of methoxy groups -OCH3 is 1. The number of hydrogen-bond donors (Lipinski definition) is 0. The summed E-state index contributed by atoms with van der Waals surface area (Å²) in [6.07, 6.45) is 11.5.